The highest BCUT2D eigenvalue weighted by atomic mass is 32.2. The van der Waals surface area contributed by atoms with Gasteiger partial charge in [-0.1, -0.05) is 17.7 Å². The molecule has 2 aliphatic heterocycles. The molecule has 27 heavy (non-hydrogen) atoms. The standard InChI is InChI=1S/C19H20N2O5S/c1-13-2-4-15(5-3-13)21-12-14(10-19(21)22)20-27(23,24)16-6-7-17-18(11-16)26-9-8-25-17/h2-7,11,14,20H,8-10,12H2,1H3/t14-/m0/s1. The van der Waals surface area contributed by atoms with E-state index < -0.39 is 16.1 Å². The van der Waals surface area contributed by atoms with E-state index in [4.69, 9.17) is 9.47 Å². The Hall–Kier alpha value is -2.58. The Morgan fingerprint density at radius 2 is 1.74 bits per heavy atom. The van der Waals surface area contributed by atoms with Crippen LogP contribution >= 0.6 is 0 Å². The number of fused-ring (bicyclic) bond motifs is 1. The maximum atomic E-state index is 12.7. The number of hydrogen-bond acceptors (Lipinski definition) is 5. The van der Waals surface area contributed by atoms with Gasteiger partial charge in [-0.15, -0.1) is 0 Å². The van der Waals surface area contributed by atoms with Crippen molar-refractivity contribution in [2.75, 3.05) is 24.7 Å². The molecule has 1 fully saturated rings. The lowest BCUT2D eigenvalue weighted by atomic mass is 10.2. The van der Waals surface area contributed by atoms with Gasteiger partial charge in [0, 0.05) is 30.8 Å². The lowest BCUT2D eigenvalue weighted by Gasteiger charge is -2.20. The van der Waals surface area contributed by atoms with Gasteiger partial charge in [-0.2, -0.15) is 0 Å². The van der Waals surface area contributed by atoms with E-state index in [0.29, 0.717) is 31.3 Å². The number of carbonyl (C=O) groups is 1. The first kappa shape index (κ1) is 17.8. The van der Waals surface area contributed by atoms with Gasteiger partial charge in [-0.05, 0) is 31.2 Å². The molecule has 7 nitrogen and oxygen atoms in total. The van der Waals surface area contributed by atoms with Crippen molar-refractivity contribution in [2.24, 2.45) is 0 Å². The van der Waals surface area contributed by atoms with E-state index in [1.165, 1.54) is 12.1 Å². The van der Waals surface area contributed by atoms with Crippen molar-refractivity contribution in [3.05, 3.63) is 48.0 Å². The quantitative estimate of drug-likeness (QED) is 0.864. The number of hydrogen-bond donors (Lipinski definition) is 1. The first-order valence-corrected chi connectivity index (χ1v) is 10.2. The molecule has 2 aliphatic rings. The van der Waals surface area contributed by atoms with Gasteiger partial charge in [0.1, 0.15) is 13.2 Å². The van der Waals surface area contributed by atoms with Crippen molar-refractivity contribution in [1.82, 2.24) is 4.72 Å². The van der Waals surface area contributed by atoms with Crippen LogP contribution in [0.4, 0.5) is 5.69 Å². The summed E-state index contributed by atoms with van der Waals surface area (Å²) < 4.78 is 39.0. The van der Waals surface area contributed by atoms with E-state index >= 15 is 0 Å². The molecule has 0 saturated carbocycles. The Balaban J connectivity index is 1.50. The zero-order valence-electron chi connectivity index (χ0n) is 14.8. The summed E-state index contributed by atoms with van der Waals surface area (Å²) in [6.45, 7) is 3.09. The molecule has 1 N–H and O–H groups in total. The Morgan fingerprint density at radius 1 is 1.04 bits per heavy atom. The van der Waals surface area contributed by atoms with E-state index in [1.54, 1.807) is 11.0 Å². The lowest BCUT2D eigenvalue weighted by molar-refractivity contribution is -0.117. The van der Waals surface area contributed by atoms with Crippen LogP contribution in [0.3, 0.4) is 0 Å². The van der Waals surface area contributed by atoms with Crippen LogP contribution in [0.1, 0.15) is 12.0 Å². The maximum absolute atomic E-state index is 12.7. The van der Waals surface area contributed by atoms with Crippen molar-refractivity contribution in [2.45, 2.75) is 24.3 Å². The second-order valence-corrected chi connectivity index (χ2v) is 8.38. The summed E-state index contributed by atoms with van der Waals surface area (Å²) >= 11 is 0. The molecule has 0 unspecified atom stereocenters. The van der Waals surface area contributed by atoms with E-state index in [2.05, 4.69) is 4.72 Å². The van der Waals surface area contributed by atoms with Crippen molar-refractivity contribution < 1.29 is 22.7 Å². The second-order valence-electron chi connectivity index (χ2n) is 6.67. The molecule has 4 rings (SSSR count). The Kier molecular flexibility index (Phi) is 4.53. The number of ether oxygens (including phenoxy) is 2. The molecular weight excluding hydrogens is 368 g/mol. The summed E-state index contributed by atoms with van der Waals surface area (Å²) in [7, 11) is -3.78. The number of anilines is 1. The van der Waals surface area contributed by atoms with Crippen LogP contribution < -0.4 is 19.1 Å². The summed E-state index contributed by atoms with van der Waals surface area (Å²) in [5.74, 6) is 0.837. The van der Waals surface area contributed by atoms with Gasteiger partial charge in [-0.3, -0.25) is 4.79 Å². The minimum absolute atomic E-state index is 0.0907. The van der Waals surface area contributed by atoms with Gasteiger partial charge in [0.25, 0.3) is 0 Å². The molecule has 2 aromatic carbocycles. The molecule has 1 atom stereocenters. The molecule has 1 saturated heterocycles. The summed E-state index contributed by atoms with van der Waals surface area (Å²) in [6.07, 6.45) is 0.123. The van der Waals surface area contributed by atoms with E-state index in [9.17, 15) is 13.2 Å². The predicted octanol–water partition coefficient (Wildman–Crippen LogP) is 1.85. The van der Waals surface area contributed by atoms with Crippen molar-refractivity contribution in [1.29, 1.82) is 0 Å². The number of rotatable bonds is 4. The average Bonchev–Trinajstić information content (AvgIpc) is 3.01. The number of sulfonamides is 1. The van der Waals surface area contributed by atoms with E-state index in [-0.39, 0.29) is 17.2 Å². The fraction of sp³-hybridized carbons (Fsp3) is 0.316. The van der Waals surface area contributed by atoms with Crippen molar-refractivity contribution in [3.8, 4) is 11.5 Å². The summed E-state index contributed by atoms with van der Waals surface area (Å²) in [6, 6.07) is 11.6. The van der Waals surface area contributed by atoms with Crippen LogP contribution in [-0.2, 0) is 14.8 Å². The van der Waals surface area contributed by atoms with Gasteiger partial charge < -0.3 is 14.4 Å². The third-order valence-corrected chi connectivity index (χ3v) is 6.13. The molecule has 8 heteroatoms. The zero-order chi connectivity index (χ0) is 19.0. The van der Waals surface area contributed by atoms with Crippen molar-refractivity contribution >= 4 is 21.6 Å². The SMILES string of the molecule is Cc1ccc(N2C[C@@H](NS(=O)(=O)c3ccc4c(c3)OCCO4)CC2=O)cc1. The smallest absolute Gasteiger partial charge is 0.241 e. The first-order valence-electron chi connectivity index (χ1n) is 8.71. The highest BCUT2D eigenvalue weighted by Gasteiger charge is 2.34. The van der Waals surface area contributed by atoms with Gasteiger partial charge in [0.15, 0.2) is 11.5 Å². The minimum atomic E-state index is -3.78. The number of amides is 1. The monoisotopic (exact) mass is 388 g/mol. The molecule has 2 heterocycles. The average molecular weight is 388 g/mol. The second kappa shape index (κ2) is 6.86. The van der Waals surface area contributed by atoms with Crippen LogP contribution in [0.25, 0.3) is 0 Å². The highest BCUT2D eigenvalue weighted by molar-refractivity contribution is 7.89. The van der Waals surface area contributed by atoms with Crippen LogP contribution in [0, 0.1) is 6.92 Å². The third-order valence-electron chi connectivity index (χ3n) is 4.62. The number of nitrogens with one attached hydrogen (secondary N) is 1. The Bertz CT molecular complexity index is 972. The number of benzene rings is 2. The van der Waals surface area contributed by atoms with Crippen molar-refractivity contribution in [3.63, 3.8) is 0 Å². The predicted molar refractivity (Wildman–Crippen MR) is 99.7 cm³/mol. The molecule has 2 aromatic rings. The molecule has 1 amide bonds. The largest absolute Gasteiger partial charge is 0.486 e. The van der Waals surface area contributed by atoms with Crippen LogP contribution in [-0.4, -0.2) is 40.1 Å². The van der Waals surface area contributed by atoms with Crippen LogP contribution in [0.2, 0.25) is 0 Å². The third kappa shape index (κ3) is 3.63. The van der Waals surface area contributed by atoms with Crippen LogP contribution in [0.5, 0.6) is 11.5 Å². The molecule has 142 valence electrons. The molecule has 0 spiro atoms. The fourth-order valence-corrected chi connectivity index (χ4v) is 4.48. The number of carbonyl (C=O) groups excluding carboxylic acids is 1. The number of nitrogens with zero attached hydrogens (tertiary/aromatic N) is 1. The zero-order valence-corrected chi connectivity index (χ0v) is 15.7. The molecular formula is C19H20N2O5S. The minimum Gasteiger partial charge on any atom is -0.486 e. The molecule has 0 bridgehead atoms. The lowest BCUT2D eigenvalue weighted by Crippen LogP contribution is -2.37. The molecule has 0 aromatic heterocycles. The Morgan fingerprint density at radius 3 is 2.48 bits per heavy atom. The summed E-state index contributed by atoms with van der Waals surface area (Å²) in [5, 5.41) is 0. The van der Waals surface area contributed by atoms with Gasteiger partial charge in [0.05, 0.1) is 4.90 Å². The number of aryl methyl sites for hydroxylation is 1. The maximum Gasteiger partial charge on any atom is 0.241 e. The highest BCUT2D eigenvalue weighted by Crippen LogP contribution is 2.32. The van der Waals surface area contributed by atoms with Gasteiger partial charge in [-0.25, -0.2) is 13.1 Å². The summed E-state index contributed by atoms with van der Waals surface area (Å²) in [5.41, 5.74) is 1.87. The van der Waals surface area contributed by atoms with Gasteiger partial charge >= 0.3 is 0 Å². The Labute approximate surface area is 157 Å². The van der Waals surface area contributed by atoms with E-state index in [1.807, 2.05) is 31.2 Å². The fourth-order valence-electron chi connectivity index (χ4n) is 3.24. The topological polar surface area (TPSA) is 84.9 Å². The molecule has 0 radical (unpaired) electrons. The van der Waals surface area contributed by atoms with E-state index in [0.717, 1.165) is 11.3 Å². The van der Waals surface area contributed by atoms with Gasteiger partial charge in [0.2, 0.25) is 15.9 Å². The first-order chi connectivity index (χ1) is 12.9. The summed E-state index contributed by atoms with van der Waals surface area (Å²) in [4.78, 5) is 14.0. The normalized spacial score (nSPS) is 19.4. The van der Waals surface area contributed by atoms with Crippen LogP contribution in [0.15, 0.2) is 47.4 Å². The molecule has 0 aliphatic carbocycles.